The highest BCUT2D eigenvalue weighted by Gasteiger charge is 2.02. The van der Waals surface area contributed by atoms with Crippen molar-refractivity contribution in [2.75, 3.05) is 5.08 Å². The van der Waals surface area contributed by atoms with Crippen LogP contribution in [-0.2, 0) is 0 Å². The molecule has 2 heteroatoms. The van der Waals surface area contributed by atoms with Gasteiger partial charge < -0.3 is 0 Å². The van der Waals surface area contributed by atoms with Crippen molar-refractivity contribution in [1.82, 2.24) is 0 Å². The predicted octanol–water partition coefficient (Wildman–Crippen LogP) is 5.81. The van der Waals surface area contributed by atoms with Crippen LogP contribution >= 0.6 is 23.5 Å². The third kappa shape index (κ3) is 3.79. The van der Waals surface area contributed by atoms with Crippen molar-refractivity contribution < 1.29 is 0 Å². The summed E-state index contributed by atoms with van der Waals surface area (Å²) in [6.45, 7) is 7.70. The average molecular weight is 284 g/mol. The maximum Gasteiger partial charge on any atom is 0.0487 e. The van der Waals surface area contributed by atoms with Crippen LogP contribution in [-0.4, -0.2) is 5.08 Å². The second-order valence-corrected chi connectivity index (χ2v) is 6.29. The Labute approximate surface area is 123 Å². The van der Waals surface area contributed by atoms with Crippen LogP contribution in [0, 0.1) is 0 Å². The smallest absolute Gasteiger partial charge is 0.0487 e. The Hall–Kier alpha value is -1.38. The average Bonchev–Trinajstić information content (AvgIpc) is 2.48. The van der Waals surface area contributed by atoms with Crippen molar-refractivity contribution >= 4 is 35.7 Å². The minimum absolute atomic E-state index is 0.982. The molecule has 0 bridgehead atoms. The third-order valence-corrected chi connectivity index (χ3v) is 5.02. The van der Waals surface area contributed by atoms with Crippen molar-refractivity contribution in [3.63, 3.8) is 0 Å². The molecular weight excluding hydrogens is 268 g/mol. The molecule has 0 N–H and O–H groups in total. The number of benzene rings is 2. The lowest BCUT2D eigenvalue weighted by Gasteiger charge is -2.07. The van der Waals surface area contributed by atoms with Crippen molar-refractivity contribution in [3.05, 3.63) is 72.8 Å². The highest BCUT2D eigenvalue weighted by Crippen LogP contribution is 2.32. The molecule has 19 heavy (non-hydrogen) atoms. The highest BCUT2D eigenvalue weighted by atomic mass is 32.2. The summed E-state index contributed by atoms with van der Waals surface area (Å²) in [5.41, 5.74) is 2.40. The molecule has 0 spiro atoms. The third-order valence-electron chi connectivity index (χ3n) is 2.71. The van der Waals surface area contributed by atoms with Gasteiger partial charge in [0.2, 0.25) is 0 Å². The molecule has 0 unspecified atom stereocenters. The quantitative estimate of drug-likeness (QED) is 0.484. The highest BCUT2D eigenvalue weighted by molar-refractivity contribution is 8.16. The topological polar surface area (TPSA) is 0 Å². The van der Waals surface area contributed by atoms with Gasteiger partial charge in [0.05, 0.1) is 0 Å². The molecule has 0 fully saturated rings. The van der Waals surface area contributed by atoms with Gasteiger partial charge in [0.25, 0.3) is 0 Å². The largest absolute Gasteiger partial charge is 0.114 e. The fraction of sp³-hybridized carbons (Fsp3) is 0.0588. The summed E-state index contributed by atoms with van der Waals surface area (Å²) >= 11 is 3.69. The molecule has 0 heterocycles. The monoisotopic (exact) mass is 284 g/mol. The fourth-order valence-electron chi connectivity index (χ4n) is 1.72. The van der Waals surface area contributed by atoms with Crippen molar-refractivity contribution in [1.29, 1.82) is 0 Å². The summed E-state index contributed by atoms with van der Waals surface area (Å²) in [5.74, 6) is 0. The van der Waals surface area contributed by atoms with Crippen LogP contribution in [0.25, 0.3) is 12.2 Å². The van der Waals surface area contributed by atoms with Gasteiger partial charge in [-0.2, -0.15) is 0 Å². The first-order chi connectivity index (χ1) is 9.35. The zero-order valence-corrected chi connectivity index (χ0v) is 12.3. The summed E-state index contributed by atoms with van der Waals surface area (Å²) in [5, 5.41) is 0.982. The van der Waals surface area contributed by atoms with Gasteiger partial charge in [-0.3, -0.25) is 0 Å². The minimum Gasteiger partial charge on any atom is -0.114 e. The SMILES string of the molecule is C=Cc1ccccc1SCSc1ccccc1C=C. The molecule has 0 atom stereocenters. The summed E-state index contributed by atoms with van der Waals surface area (Å²) in [7, 11) is 0. The van der Waals surface area contributed by atoms with Gasteiger partial charge in [-0.15, -0.1) is 23.5 Å². The van der Waals surface area contributed by atoms with Crippen LogP contribution in [0.2, 0.25) is 0 Å². The van der Waals surface area contributed by atoms with E-state index < -0.39 is 0 Å². The second kappa shape index (κ2) is 7.27. The Bertz CT molecular complexity index is 521. The van der Waals surface area contributed by atoms with E-state index in [2.05, 4.69) is 49.6 Å². The van der Waals surface area contributed by atoms with E-state index in [4.69, 9.17) is 0 Å². The summed E-state index contributed by atoms with van der Waals surface area (Å²) in [6, 6.07) is 16.7. The molecule has 0 saturated carbocycles. The van der Waals surface area contributed by atoms with E-state index in [1.165, 1.54) is 20.9 Å². The maximum absolute atomic E-state index is 3.85. The molecule has 2 aromatic rings. The molecule has 0 aromatic heterocycles. The zero-order valence-electron chi connectivity index (χ0n) is 10.7. The van der Waals surface area contributed by atoms with Gasteiger partial charge in [-0.05, 0) is 23.3 Å². The second-order valence-electron chi connectivity index (χ2n) is 3.89. The molecule has 0 aliphatic carbocycles. The summed E-state index contributed by atoms with van der Waals surface area (Å²) in [6.07, 6.45) is 3.81. The van der Waals surface area contributed by atoms with E-state index in [0.29, 0.717) is 0 Å². The Morgan fingerprint density at radius 1 is 0.737 bits per heavy atom. The molecule has 96 valence electrons. The lowest BCUT2D eigenvalue weighted by molar-refractivity contribution is 1.42. The first-order valence-corrected chi connectivity index (χ1v) is 8.01. The van der Waals surface area contributed by atoms with Gasteiger partial charge in [0.1, 0.15) is 0 Å². The first kappa shape index (κ1) is 14.0. The van der Waals surface area contributed by atoms with Crippen LogP contribution in [0.5, 0.6) is 0 Å². The van der Waals surface area contributed by atoms with Crippen LogP contribution in [0.4, 0.5) is 0 Å². The van der Waals surface area contributed by atoms with Gasteiger partial charge in [0.15, 0.2) is 0 Å². The van der Waals surface area contributed by atoms with E-state index in [-0.39, 0.29) is 0 Å². The normalized spacial score (nSPS) is 10.1. The van der Waals surface area contributed by atoms with Crippen LogP contribution < -0.4 is 0 Å². The molecule has 0 nitrogen and oxygen atoms in total. The lowest BCUT2D eigenvalue weighted by atomic mass is 10.2. The van der Waals surface area contributed by atoms with E-state index in [1.807, 2.05) is 47.8 Å². The van der Waals surface area contributed by atoms with E-state index in [1.54, 1.807) is 0 Å². The molecule has 2 rings (SSSR count). The number of hydrogen-bond donors (Lipinski definition) is 0. The Kier molecular flexibility index (Phi) is 5.37. The van der Waals surface area contributed by atoms with Gasteiger partial charge in [0, 0.05) is 14.9 Å². The van der Waals surface area contributed by atoms with Crippen LogP contribution in [0.15, 0.2) is 71.5 Å². The molecule has 0 radical (unpaired) electrons. The number of rotatable bonds is 6. The fourth-order valence-corrected chi connectivity index (χ4v) is 3.95. The van der Waals surface area contributed by atoms with Crippen LogP contribution in [0.1, 0.15) is 11.1 Å². The first-order valence-electron chi connectivity index (χ1n) is 6.03. The summed E-state index contributed by atoms with van der Waals surface area (Å²) in [4.78, 5) is 2.56. The maximum atomic E-state index is 3.85. The Balaban J connectivity index is 2.00. The Morgan fingerprint density at radius 3 is 1.58 bits per heavy atom. The standard InChI is InChI=1S/C17H16S2/c1-3-14-9-5-7-11-16(14)18-13-19-17-12-8-6-10-15(17)4-2/h3-12H,1-2,13H2. The van der Waals surface area contributed by atoms with Crippen LogP contribution in [0.3, 0.4) is 0 Å². The van der Waals surface area contributed by atoms with Crippen molar-refractivity contribution in [2.24, 2.45) is 0 Å². The summed E-state index contributed by atoms with van der Waals surface area (Å²) < 4.78 is 0. The van der Waals surface area contributed by atoms with E-state index in [9.17, 15) is 0 Å². The van der Waals surface area contributed by atoms with E-state index >= 15 is 0 Å². The van der Waals surface area contributed by atoms with Crippen molar-refractivity contribution in [2.45, 2.75) is 9.79 Å². The van der Waals surface area contributed by atoms with E-state index in [0.717, 1.165) is 5.08 Å². The zero-order chi connectivity index (χ0) is 13.5. The molecule has 0 aliphatic rings. The van der Waals surface area contributed by atoms with Crippen molar-refractivity contribution in [3.8, 4) is 0 Å². The lowest BCUT2D eigenvalue weighted by Crippen LogP contribution is -1.82. The molecule has 2 aromatic carbocycles. The number of hydrogen-bond acceptors (Lipinski definition) is 2. The predicted molar refractivity (Wildman–Crippen MR) is 89.6 cm³/mol. The molecule has 0 aliphatic heterocycles. The molecular formula is C17H16S2. The molecule has 0 amide bonds. The van der Waals surface area contributed by atoms with Gasteiger partial charge >= 0.3 is 0 Å². The Morgan fingerprint density at radius 2 is 1.16 bits per heavy atom. The van der Waals surface area contributed by atoms with Gasteiger partial charge in [-0.25, -0.2) is 0 Å². The van der Waals surface area contributed by atoms with Gasteiger partial charge in [-0.1, -0.05) is 61.7 Å². The molecule has 0 saturated heterocycles. The number of thioether (sulfide) groups is 2. The minimum atomic E-state index is 0.982.